The summed E-state index contributed by atoms with van der Waals surface area (Å²) in [7, 11) is -0.140. The molecule has 112 valence electrons. The van der Waals surface area contributed by atoms with Gasteiger partial charge in [0.25, 0.3) is 0 Å². The molecule has 0 saturated heterocycles. The predicted octanol–water partition coefficient (Wildman–Crippen LogP) is 3.87. The number of allylic oxidation sites excluding steroid dienone is 1. The number of ether oxygens (including phenoxy) is 1. The van der Waals surface area contributed by atoms with Gasteiger partial charge in [0.2, 0.25) is 0 Å². The van der Waals surface area contributed by atoms with Crippen LogP contribution >= 0.6 is 0 Å². The quantitative estimate of drug-likeness (QED) is 0.588. The summed E-state index contributed by atoms with van der Waals surface area (Å²) in [5.74, 6) is 0.723. The molecule has 1 aromatic rings. The Morgan fingerprint density at radius 2 is 1.65 bits per heavy atom. The van der Waals surface area contributed by atoms with Crippen LogP contribution in [0, 0.1) is 0 Å². The van der Waals surface area contributed by atoms with Gasteiger partial charge in [-0.1, -0.05) is 0 Å². The minimum absolute atomic E-state index is 0.177. The molecule has 0 saturated carbocycles. The van der Waals surface area contributed by atoms with Gasteiger partial charge in [-0.2, -0.15) is 0 Å². The van der Waals surface area contributed by atoms with E-state index in [2.05, 4.69) is 65.1 Å². The third kappa shape index (κ3) is 4.69. The first-order valence-corrected chi connectivity index (χ1v) is 11.5. The van der Waals surface area contributed by atoms with Crippen LogP contribution in [-0.2, 0) is 9.16 Å². The van der Waals surface area contributed by atoms with E-state index in [4.69, 9.17) is 9.16 Å². The zero-order valence-corrected chi connectivity index (χ0v) is 16.3. The van der Waals surface area contributed by atoms with Crippen molar-refractivity contribution in [1.29, 1.82) is 0 Å². The fourth-order valence-electron chi connectivity index (χ4n) is 1.35. The summed E-state index contributed by atoms with van der Waals surface area (Å²) in [6.45, 7) is 13.3. The van der Waals surface area contributed by atoms with E-state index in [1.165, 1.54) is 8.93 Å². The standard InChI is InChI=1S/C16H26O2SeSi/c1-13(19-14-11-9-8-10-12-14)15(17-5)18-20(6,7)16(2,3)4/h8-12H,1-7H3/b15-13+. The minimum atomic E-state index is -1.84. The Morgan fingerprint density at radius 3 is 2.10 bits per heavy atom. The second-order valence-corrected chi connectivity index (χ2v) is 13.8. The van der Waals surface area contributed by atoms with E-state index in [0.29, 0.717) is 0 Å². The monoisotopic (exact) mass is 358 g/mol. The number of hydrogen-bond donors (Lipinski definition) is 0. The molecule has 0 aromatic heterocycles. The summed E-state index contributed by atoms with van der Waals surface area (Å²) in [5, 5.41) is 0.177. The van der Waals surface area contributed by atoms with E-state index in [1.54, 1.807) is 7.11 Å². The molecular weight excluding hydrogens is 331 g/mol. The summed E-state index contributed by atoms with van der Waals surface area (Å²) < 4.78 is 14.4. The van der Waals surface area contributed by atoms with E-state index in [1.807, 2.05) is 6.07 Å². The van der Waals surface area contributed by atoms with Gasteiger partial charge in [-0.15, -0.1) is 0 Å². The Bertz CT molecular complexity index is 461. The number of methoxy groups -OCH3 is 1. The van der Waals surface area contributed by atoms with Crippen molar-refractivity contribution in [3.05, 3.63) is 40.7 Å². The second-order valence-electron chi connectivity index (χ2n) is 6.33. The van der Waals surface area contributed by atoms with Gasteiger partial charge in [-0.3, -0.25) is 0 Å². The average Bonchev–Trinajstić information content (AvgIpc) is 2.35. The molecule has 0 amide bonds. The zero-order chi connectivity index (χ0) is 15.4. The molecule has 0 aliphatic heterocycles. The van der Waals surface area contributed by atoms with Crippen molar-refractivity contribution in [3.63, 3.8) is 0 Å². The molecule has 0 atom stereocenters. The molecule has 0 unspecified atom stereocenters. The van der Waals surface area contributed by atoms with E-state index in [9.17, 15) is 0 Å². The average molecular weight is 357 g/mol. The van der Waals surface area contributed by atoms with Crippen molar-refractivity contribution in [2.45, 2.75) is 45.8 Å². The first kappa shape index (κ1) is 17.3. The molecule has 0 fully saturated rings. The molecule has 0 bridgehead atoms. The normalized spacial score (nSPS) is 13.8. The predicted molar refractivity (Wildman–Crippen MR) is 89.8 cm³/mol. The Morgan fingerprint density at radius 1 is 1.10 bits per heavy atom. The molecule has 2 nitrogen and oxygen atoms in total. The Hall–Kier alpha value is -0.704. The summed E-state index contributed by atoms with van der Waals surface area (Å²) in [6.07, 6.45) is 0. The van der Waals surface area contributed by atoms with Crippen molar-refractivity contribution in [3.8, 4) is 0 Å². The Labute approximate surface area is 130 Å². The molecule has 0 spiro atoms. The number of hydrogen-bond acceptors (Lipinski definition) is 2. The van der Waals surface area contributed by atoms with Crippen LogP contribution in [0.25, 0.3) is 0 Å². The maximum atomic E-state index is 6.30. The fourth-order valence-corrected chi connectivity index (χ4v) is 4.31. The summed E-state index contributed by atoms with van der Waals surface area (Å²) in [6, 6.07) is 10.5. The van der Waals surface area contributed by atoms with Gasteiger partial charge in [-0.25, -0.2) is 0 Å². The fraction of sp³-hybridized carbons (Fsp3) is 0.500. The van der Waals surface area contributed by atoms with Crippen molar-refractivity contribution < 1.29 is 9.16 Å². The van der Waals surface area contributed by atoms with Crippen LogP contribution in [0.2, 0.25) is 18.1 Å². The van der Waals surface area contributed by atoms with Crippen molar-refractivity contribution in [2.24, 2.45) is 0 Å². The van der Waals surface area contributed by atoms with E-state index in [0.717, 1.165) is 5.95 Å². The second kappa shape index (κ2) is 6.84. The van der Waals surface area contributed by atoms with Crippen molar-refractivity contribution in [2.75, 3.05) is 7.11 Å². The van der Waals surface area contributed by atoms with Gasteiger partial charge >= 0.3 is 131 Å². The molecule has 0 heterocycles. The summed E-state index contributed by atoms with van der Waals surface area (Å²) in [4.78, 5) is 0. The summed E-state index contributed by atoms with van der Waals surface area (Å²) in [5.41, 5.74) is 0. The van der Waals surface area contributed by atoms with Crippen LogP contribution in [0.4, 0.5) is 0 Å². The molecule has 4 heteroatoms. The summed E-state index contributed by atoms with van der Waals surface area (Å²) >= 11 is 0.245. The molecule has 1 aromatic carbocycles. The van der Waals surface area contributed by atoms with Crippen LogP contribution in [0.15, 0.2) is 40.7 Å². The topological polar surface area (TPSA) is 18.5 Å². The van der Waals surface area contributed by atoms with Crippen LogP contribution in [0.1, 0.15) is 27.7 Å². The molecule has 20 heavy (non-hydrogen) atoms. The molecule has 0 N–H and O–H groups in total. The first-order chi connectivity index (χ1) is 9.17. The maximum absolute atomic E-state index is 6.30. The molecule has 0 aliphatic carbocycles. The molecular formula is C16H26O2SeSi. The van der Waals surface area contributed by atoms with Gasteiger partial charge < -0.3 is 0 Å². The van der Waals surface area contributed by atoms with Crippen LogP contribution < -0.4 is 4.46 Å². The zero-order valence-electron chi connectivity index (χ0n) is 13.6. The van der Waals surface area contributed by atoms with Gasteiger partial charge in [0.05, 0.1) is 0 Å². The molecule has 1 rings (SSSR count). The van der Waals surface area contributed by atoms with Gasteiger partial charge in [0, 0.05) is 0 Å². The van der Waals surface area contributed by atoms with Crippen molar-refractivity contribution in [1.82, 2.24) is 0 Å². The number of rotatable bonds is 5. The third-order valence-corrected chi connectivity index (χ3v) is 10.0. The molecule has 0 aliphatic rings. The SMILES string of the molecule is CO/C(O[Si](C)(C)C(C)(C)C)=C(/C)[Se]c1ccccc1. The van der Waals surface area contributed by atoms with Crippen LogP contribution in [-0.4, -0.2) is 30.4 Å². The molecule has 0 radical (unpaired) electrons. The van der Waals surface area contributed by atoms with Crippen LogP contribution in [0.5, 0.6) is 0 Å². The van der Waals surface area contributed by atoms with Crippen LogP contribution in [0.3, 0.4) is 0 Å². The van der Waals surface area contributed by atoms with Gasteiger partial charge in [-0.05, 0) is 0 Å². The number of benzene rings is 1. The van der Waals surface area contributed by atoms with Gasteiger partial charge in [0.1, 0.15) is 0 Å². The Balaban J connectivity index is 2.91. The van der Waals surface area contributed by atoms with Gasteiger partial charge in [0.15, 0.2) is 0 Å². The Kier molecular flexibility index (Phi) is 5.93. The first-order valence-electron chi connectivity index (χ1n) is 6.84. The third-order valence-electron chi connectivity index (χ3n) is 3.64. The van der Waals surface area contributed by atoms with E-state index in [-0.39, 0.29) is 20.0 Å². The van der Waals surface area contributed by atoms with Crippen molar-refractivity contribution >= 4 is 27.7 Å². The van der Waals surface area contributed by atoms with E-state index < -0.39 is 8.32 Å². The van der Waals surface area contributed by atoms with E-state index >= 15 is 0 Å².